The normalized spacial score (nSPS) is 20.4. The van der Waals surface area contributed by atoms with Gasteiger partial charge < -0.3 is 14.6 Å². The summed E-state index contributed by atoms with van der Waals surface area (Å²) in [5.41, 5.74) is 0.715. The number of methoxy groups -OCH3 is 1. The number of halogens is 1. The van der Waals surface area contributed by atoms with Gasteiger partial charge in [-0.3, -0.25) is 4.79 Å². The lowest BCUT2D eigenvalue weighted by atomic mass is 9.88. The molecule has 1 saturated heterocycles. The molecule has 0 radical (unpaired) electrons. The molecule has 10 heteroatoms. The third-order valence-corrected chi connectivity index (χ3v) is 6.53. The first-order chi connectivity index (χ1) is 13.3. The average molecular weight is 410 g/mol. The lowest BCUT2D eigenvalue weighted by molar-refractivity contribution is -0.125. The molecule has 2 heterocycles. The van der Waals surface area contributed by atoms with Crippen molar-refractivity contribution in [2.75, 3.05) is 33.4 Å². The van der Waals surface area contributed by atoms with Gasteiger partial charge in [0.2, 0.25) is 5.91 Å². The Morgan fingerprint density at radius 3 is 2.64 bits per heavy atom. The van der Waals surface area contributed by atoms with Crippen LogP contribution >= 0.6 is 0 Å². The average Bonchev–Trinajstić information content (AvgIpc) is 3.30. The Hall–Kier alpha value is -2.30. The van der Waals surface area contributed by atoms with Crippen LogP contribution in [0, 0.1) is 11.7 Å². The van der Waals surface area contributed by atoms with Crippen LogP contribution < -0.4 is 5.32 Å². The van der Waals surface area contributed by atoms with Gasteiger partial charge in [-0.15, -0.1) is 0 Å². The summed E-state index contributed by atoms with van der Waals surface area (Å²) in [6, 6.07) is 5.80. The zero-order valence-electron chi connectivity index (χ0n) is 15.7. The number of sulfonamides is 1. The summed E-state index contributed by atoms with van der Waals surface area (Å²) < 4.78 is 47.0. The van der Waals surface area contributed by atoms with Gasteiger partial charge in [0.1, 0.15) is 5.82 Å². The maximum atomic E-state index is 13.3. The Morgan fingerprint density at radius 1 is 1.32 bits per heavy atom. The molecule has 1 aromatic carbocycles. The number of aryl methyl sites for hydroxylation is 1. The number of ether oxygens (including phenoxy) is 1. The molecule has 0 spiro atoms. The molecule has 1 fully saturated rings. The van der Waals surface area contributed by atoms with E-state index in [0.29, 0.717) is 18.7 Å². The van der Waals surface area contributed by atoms with Crippen LogP contribution in [-0.2, 0) is 26.6 Å². The van der Waals surface area contributed by atoms with Crippen LogP contribution in [0.1, 0.15) is 11.5 Å². The minimum Gasteiger partial charge on any atom is -0.383 e. The number of benzene rings is 1. The molecule has 0 unspecified atom stereocenters. The molecule has 1 N–H and O–H groups in total. The van der Waals surface area contributed by atoms with Gasteiger partial charge in [0, 0.05) is 45.9 Å². The van der Waals surface area contributed by atoms with E-state index in [1.54, 1.807) is 23.7 Å². The standard InChI is InChI=1S/C18H23FN4O4S/c1-22-11-17(21-12-22)28(25,26)23-9-15(13-3-5-14(19)6-4-13)16(10-23)18(24)20-7-8-27-2/h3-6,11-12,15-16H,7-10H2,1-2H3,(H,20,24)/t15-,16+/m0/s1. The summed E-state index contributed by atoms with van der Waals surface area (Å²) in [4.78, 5) is 16.6. The van der Waals surface area contributed by atoms with Gasteiger partial charge in [-0.05, 0) is 17.7 Å². The van der Waals surface area contributed by atoms with E-state index in [9.17, 15) is 17.6 Å². The first-order valence-electron chi connectivity index (χ1n) is 8.83. The van der Waals surface area contributed by atoms with Crippen molar-refractivity contribution >= 4 is 15.9 Å². The number of aromatic nitrogens is 2. The number of amides is 1. The van der Waals surface area contributed by atoms with E-state index in [2.05, 4.69) is 10.3 Å². The number of carbonyl (C=O) groups is 1. The fourth-order valence-corrected chi connectivity index (χ4v) is 4.80. The second-order valence-electron chi connectivity index (χ2n) is 6.75. The zero-order valence-corrected chi connectivity index (χ0v) is 16.5. The molecule has 3 rings (SSSR count). The van der Waals surface area contributed by atoms with Gasteiger partial charge in [-0.25, -0.2) is 17.8 Å². The van der Waals surface area contributed by atoms with E-state index < -0.39 is 15.9 Å². The van der Waals surface area contributed by atoms with Gasteiger partial charge in [0.25, 0.3) is 10.0 Å². The van der Waals surface area contributed by atoms with Gasteiger partial charge in [0.05, 0.1) is 18.9 Å². The van der Waals surface area contributed by atoms with Crippen molar-refractivity contribution in [1.29, 1.82) is 0 Å². The molecule has 1 aliphatic heterocycles. The van der Waals surface area contributed by atoms with Crippen molar-refractivity contribution in [1.82, 2.24) is 19.2 Å². The summed E-state index contributed by atoms with van der Waals surface area (Å²) in [5, 5.41) is 2.71. The Morgan fingerprint density at radius 2 is 2.04 bits per heavy atom. The molecule has 0 aliphatic carbocycles. The van der Waals surface area contributed by atoms with Crippen molar-refractivity contribution < 1.29 is 22.3 Å². The van der Waals surface area contributed by atoms with Gasteiger partial charge in [-0.2, -0.15) is 4.31 Å². The maximum absolute atomic E-state index is 13.3. The topological polar surface area (TPSA) is 93.5 Å². The highest BCUT2D eigenvalue weighted by atomic mass is 32.2. The lowest BCUT2D eigenvalue weighted by Crippen LogP contribution is -2.37. The Labute approximate surface area is 163 Å². The number of hydrogen-bond donors (Lipinski definition) is 1. The van der Waals surface area contributed by atoms with E-state index in [-0.39, 0.29) is 35.8 Å². The predicted octanol–water partition coefficient (Wildman–Crippen LogP) is 0.726. The molecule has 8 nitrogen and oxygen atoms in total. The van der Waals surface area contributed by atoms with Crippen molar-refractivity contribution in [3.63, 3.8) is 0 Å². The molecule has 28 heavy (non-hydrogen) atoms. The third-order valence-electron chi connectivity index (χ3n) is 4.81. The molecule has 2 aromatic rings. The Kier molecular flexibility index (Phi) is 6.11. The van der Waals surface area contributed by atoms with Crippen LogP contribution in [0.4, 0.5) is 4.39 Å². The number of carbonyl (C=O) groups excluding carboxylic acids is 1. The number of imidazole rings is 1. The zero-order chi connectivity index (χ0) is 20.3. The third kappa shape index (κ3) is 4.23. The minimum atomic E-state index is -3.84. The molecule has 1 aliphatic rings. The number of nitrogens with zero attached hydrogens (tertiary/aromatic N) is 3. The molecule has 0 bridgehead atoms. The van der Waals surface area contributed by atoms with Crippen LogP contribution in [0.3, 0.4) is 0 Å². The molecular weight excluding hydrogens is 387 g/mol. The van der Waals surface area contributed by atoms with Crippen LogP contribution in [0.2, 0.25) is 0 Å². The molecule has 0 saturated carbocycles. The summed E-state index contributed by atoms with van der Waals surface area (Å²) in [5.74, 6) is -1.63. The monoisotopic (exact) mass is 410 g/mol. The maximum Gasteiger partial charge on any atom is 0.262 e. The Balaban J connectivity index is 1.87. The summed E-state index contributed by atoms with van der Waals surface area (Å²) in [6.07, 6.45) is 2.84. The fourth-order valence-electron chi connectivity index (χ4n) is 3.34. The summed E-state index contributed by atoms with van der Waals surface area (Å²) in [7, 11) is -0.620. The van der Waals surface area contributed by atoms with E-state index in [1.807, 2.05) is 0 Å². The van der Waals surface area contributed by atoms with Crippen LogP contribution in [0.15, 0.2) is 41.8 Å². The van der Waals surface area contributed by atoms with Gasteiger partial charge in [-0.1, -0.05) is 12.1 Å². The van der Waals surface area contributed by atoms with E-state index >= 15 is 0 Å². The second kappa shape index (κ2) is 8.38. The SMILES string of the molecule is COCCNC(=O)[C@@H]1CN(S(=O)(=O)c2cn(C)cn2)C[C@H]1c1ccc(F)cc1. The fraction of sp³-hybridized carbons (Fsp3) is 0.444. The van der Waals surface area contributed by atoms with Gasteiger partial charge in [0.15, 0.2) is 5.03 Å². The van der Waals surface area contributed by atoms with E-state index in [0.717, 1.165) is 0 Å². The number of nitrogens with one attached hydrogen (secondary N) is 1. The van der Waals surface area contributed by atoms with Crippen molar-refractivity contribution in [3.8, 4) is 0 Å². The quantitative estimate of drug-likeness (QED) is 0.679. The van der Waals surface area contributed by atoms with Gasteiger partial charge >= 0.3 is 0 Å². The Bertz CT molecular complexity index is 929. The van der Waals surface area contributed by atoms with Crippen LogP contribution in [-0.4, -0.2) is 61.5 Å². The van der Waals surface area contributed by atoms with Crippen molar-refractivity contribution in [2.45, 2.75) is 10.9 Å². The van der Waals surface area contributed by atoms with Crippen molar-refractivity contribution in [3.05, 3.63) is 48.2 Å². The number of rotatable bonds is 7. The predicted molar refractivity (Wildman–Crippen MR) is 99.5 cm³/mol. The molecule has 2 atom stereocenters. The molecular formula is C18H23FN4O4S. The van der Waals surface area contributed by atoms with Crippen molar-refractivity contribution in [2.24, 2.45) is 13.0 Å². The summed E-state index contributed by atoms with van der Waals surface area (Å²) in [6.45, 7) is 0.831. The highest BCUT2D eigenvalue weighted by molar-refractivity contribution is 7.89. The number of hydrogen-bond acceptors (Lipinski definition) is 5. The second-order valence-corrected chi connectivity index (χ2v) is 8.63. The largest absolute Gasteiger partial charge is 0.383 e. The lowest BCUT2D eigenvalue weighted by Gasteiger charge is -2.18. The van der Waals surface area contributed by atoms with E-state index in [1.165, 1.54) is 36.1 Å². The smallest absolute Gasteiger partial charge is 0.262 e. The van der Waals surface area contributed by atoms with E-state index in [4.69, 9.17) is 4.74 Å². The van der Waals surface area contributed by atoms with Crippen LogP contribution in [0.5, 0.6) is 0 Å². The highest BCUT2D eigenvalue weighted by Gasteiger charge is 2.44. The first kappa shape index (κ1) is 20.4. The molecule has 1 aromatic heterocycles. The minimum absolute atomic E-state index is 0.0275. The molecule has 152 valence electrons. The van der Waals surface area contributed by atoms with Crippen LogP contribution in [0.25, 0.3) is 0 Å². The highest BCUT2D eigenvalue weighted by Crippen LogP contribution is 2.35. The first-order valence-corrected chi connectivity index (χ1v) is 10.3. The summed E-state index contributed by atoms with van der Waals surface area (Å²) >= 11 is 0. The molecule has 1 amide bonds.